The first-order chi connectivity index (χ1) is 18.2. The lowest BCUT2D eigenvalue weighted by Gasteiger charge is -2.25. The normalized spacial score (nSPS) is 13.0. The van der Waals surface area contributed by atoms with Gasteiger partial charge < -0.3 is 15.7 Å². The number of amides is 1. The van der Waals surface area contributed by atoms with Crippen LogP contribution >= 0.6 is 22.9 Å². The molecule has 4 rings (SSSR count). The first-order valence-electron chi connectivity index (χ1n) is 12.2. The summed E-state index contributed by atoms with van der Waals surface area (Å²) >= 11 is 7.25. The van der Waals surface area contributed by atoms with Crippen molar-refractivity contribution in [2.75, 3.05) is 6.54 Å². The Morgan fingerprint density at radius 3 is 2.50 bits per heavy atom. The summed E-state index contributed by atoms with van der Waals surface area (Å²) < 4.78 is 29.6. The Morgan fingerprint density at radius 2 is 1.76 bits per heavy atom. The summed E-state index contributed by atoms with van der Waals surface area (Å²) in [6.07, 6.45) is -0.198. The van der Waals surface area contributed by atoms with Crippen LogP contribution in [-0.2, 0) is 30.7 Å². The molecule has 1 aromatic heterocycles. The number of halogens is 3. The predicted molar refractivity (Wildman–Crippen MR) is 147 cm³/mol. The fourth-order valence-electron chi connectivity index (χ4n) is 4.35. The predicted octanol–water partition coefficient (Wildman–Crippen LogP) is 4.44. The maximum atomic E-state index is 13.8. The maximum absolute atomic E-state index is 13.8. The molecule has 0 radical (unpaired) electrons. The van der Waals surface area contributed by atoms with Crippen molar-refractivity contribution in [2.45, 2.75) is 45.0 Å². The average Bonchev–Trinajstić information content (AvgIpc) is 3.18. The number of thiazole rings is 1. The third kappa shape index (κ3) is 7.05. The molecule has 1 amide bonds. The molecule has 0 bridgehead atoms. The molecule has 0 saturated heterocycles. The van der Waals surface area contributed by atoms with Crippen molar-refractivity contribution in [3.05, 3.63) is 104 Å². The molecule has 0 saturated carbocycles. The van der Waals surface area contributed by atoms with Crippen LogP contribution in [0.1, 0.15) is 23.6 Å². The zero-order chi connectivity index (χ0) is 27.2. The lowest BCUT2D eigenvalue weighted by molar-refractivity contribution is -0.123. The van der Waals surface area contributed by atoms with E-state index < -0.39 is 29.7 Å². The summed E-state index contributed by atoms with van der Waals surface area (Å²) in [5, 5.41) is 17.3. The van der Waals surface area contributed by atoms with Crippen molar-refractivity contribution in [3.8, 4) is 0 Å². The topological polar surface area (TPSA) is 83.4 Å². The Hall–Kier alpha value is -3.11. The van der Waals surface area contributed by atoms with E-state index in [-0.39, 0.29) is 29.9 Å². The van der Waals surface area contributed by atoms with Crippen LogP contribution in [-0.4, -0.2) is 34.3 Å². The van der Waals surface area contributed by atoms with Crippen LogP contribution < -0.4 is 15.5 Å². The molecule has 3 N–H and O–H groups in total. The monoisotopic (exact) mass is 559 g/mol. The number of carbonyl (C=O) groups is 1. The van der Waals surface area contributed by atoms with Gasteiger partial charge in [-0.15, -0.1) is 0 Å². The van der Waals surface area contributed by atoms with Crippen LogP contribution in [0.25, 0.3) is 10.2 Å². The molecule has 1 heterocycles. The second-order valence-corrected chi connectivity index (χ2v) is 10.5. The molecule has 0 aliphatic rings. The van der Waals surface area contributed by atoms with Gasteiger partial charge >= 0.3 is 4.87 Å². The summed E-state index contributed by atoms with van der Waals surface area (Å²) in [5.74, 6) is -2.04. The van der Waals surface area contributed by atoms with Gasteiger partial charge in [0.2, 0.25) is 5.91 Å². The van der Waals surface area contributed by atoms with E-state index in [4.69, 9.17) is 11.6 Å². The first-order valence-corrected chi connectivity index (χ1v) is 13.4. The lowest BCUT2D eigenvalue weighted by atomic mass is 10.0. The fraction of sp³-hybridized carbons (Fsp3) is 0.286. The summed E-state index contributed by atoms with van der Waals surface area (Å²) in [6.45, 7) is 2.36. The number of nitrogens with zero attached hydrogens (tertiary/aromatic N) is 1. The second-order valence-electron chi connectivity index (χ2n) is 9.07. The summed E-state index contributed by atoms with van der Waals surface area (Å²) in [6, 6.07) is 15.4. The SMILES string of the molecule is CCc1cccc(CNC[C@H](O)[C@@H](Cc2cc(F)cc(F)c2)NC(=O)Cn2c(=O)sc3cccc(Cl)c32)c1. The van der Waals surface area contributed by atoms with Gasteiger partial charge in [-0.1, -0.05) is 60.2 Å². The number of fused-ring (bicyclic) bond motifs is 1. The molecular weight excluding hydrogens is 532 g/mol. The largest absolute Gasteiger partial charge is 0.390 e. The molecule has 4 aromatic rings. The second kappa shape index (κ2) is 12.6. The summed E-state index contributed by atoms with van der Waals surface area (Å²) in [5.41, 5.74) is 2.98. The molecule has 10 heteroatoms. The molecule has 2 atom stereocenters. The highest BCUT2D eigenvalue weighted by Gasteiger charge is 2.23. The molecule has 6 nitrogen and oxygen atoms in total. The number of aliphatic hydroxyl groups is 1. The van der Waals surface area contributed by atoms with Gasteiger partial charge in [-0.3, -0.25) is 14.2 Å². The van der Waals surface area contributed by atoms with Gasteiger partial charge in [0.05, 0.1) is 27.4 Å². The number of para-hydroxylation sites is 1. The van der Waals surface area contributed by atoms with Crippen molar-refractivity contribution >= 4 is 39.1 Å². The van der Waals surface area contributed by atoms with Crippen LogP contribution in [0.3, 0.4) is 0 Å². The highest BCUT2D eigenvalue weighted by molar-refractivity contribution is 7.16. The Labute approximate surface area is 227 Å². The number of nitrogens with one attached hydrogen (secondary N) is 2. The number of aryl methyl sites for hydroxylation is 1. The van der Waals surface area contributed by atoms with Crippen molar-refractivity contribution in [2.24, 2.45) is 0 Å². The van der Waals surface area contributed by atoms with Gasteiger partial charge in [0, 0.05) is 19.2 Å². The van der Waals surface area contributed by atoms with Crippen LogP contribution in [0.4, 0.5) is 8.78 Å². The molecule has 0 spiro atoms. The number of benzene rings is 3. The molecule has 0 aliphatic heterocycles. The van der Waals surface area contributed by atoms with Gasteiger partial charge in [0.25, 0.3) is 0 Å². The van der Waals surface area contributed by atoms with E-state index >= 15 is 0 Å². The Bertz CT molecular complexity index is 1470. The van der Waals surface area contributed by atoms with Crippen molar-refractivity contribution < 1.29 is 18.7 Å². The maximum Gasteiger partial charge on any atom is 0.308 e. The summed E-state index contributed by atoms with van der Waals surface area (Å²) in [7, 11) is 0. The number of hydrogen-bond donors (Lipinski definition) is 3. The van der Waals surface area contributed by atoms with Crippen molar-refractivity contribution in [1.29, 1.82) is 0 Å². The number of hydrogen-bond acceptors (Lipinski definition) is 5. The molecule has 0 fully saturated rings. The van der Waals surface area contributed by atoms with Gasteiger partial charge in [-0.2, -0.15) is 0 Å². The van der Waals surface area contributed by atoms with Crippen LogP contribution in [0, 0.1) is 11.6 Å². The fourth-order valence-corrected chi connectivity index (χ4v) is 5.60. The Kier molecular flexibility index (Phi) is 9.27. The summed E-state index contributed by atoms with van der Waals surface area (Å²) in [4.78, 5) is 25.2. The third-order valence-electron chi connectivity index (χ3n) is 6.21. The highest BCUT2D eigenvalue weighted by Crippen LogP contribution is 2.25. The molecule has 0 aliphatic carbocycles. The van der Waals surface area contributed by atoms with E-state index in [0.717, 1.165) is 41.5 Å². The number of aromatic nitrogens is 1. The zero-order valence-corrected chi connectivity index (χ0v) is 22.3. The van der Waals surface area contributed by atoms with E-state index in [0.29, 0.717) is 21.8 Å². The van der Waals surface area contributed by atoms with Gasteiger partial charge in [-0.05, 0) is 53.8 Å². The third-order valence-corrected chi connectivity index (χ3v) is 7.46. The van der Waals surface area contributed by atoms with Crippen LogP contribution in [0.2, 0.25) is 5.02 Å². The molecule has 3 aromatic carbocycles. The zero-order valence-electron chi connectivity index (χ0n) is 20.7. The van der Waals surface area contributed by atoms with E-state index in [1.807, 2.05) is 18.2 Å². The van der Waals surface area contributed by atoms with Crippen molar-refractivity contribution in [1.82, 2.24) is 15.2 Å². The van der Waals surface area contributed by atoms with Crippen LogP contribution in [0.5, 0.6) is 0 Å². The average molecular weight is 560 g/mol. The Balaban J connectivity index is 1.49. The van der Waals surface area contributed by atoms with Gasteiger partial charge in [0.1, 0.15) is 18.2 Å². The minimum Gasteiger partial charge on any atom is -0.390 e. The van der Waals surface area contributed by atoms with Crippen molar-refractivity contribution in [3.63, 3.8) is 0 Å². The number of aliphatic hydroxyl groups excluding tert-OH is 1. The first kappa shape index (κ1) is 27.9. The standard InChI is InChI=1S/C28H28ClF2N3O3S/c1-2-17-5-3-6-18(9-17)14-32-15-24(35)23(12-19-10-20(30)13-21(31)11-19)33-26(36)16-34-27-22(29)7-4-8-25(27)38-28(34)37/h3-11,13,23-24,32,35H,2,12,14-16H2,1H3,(H,33,36)/t23-,24+/m1/s1. The van der Waals surface area contributed by atoms with E-state index in [2.05, 4.69) is 23.6 Å². The molecule has 0 unspecified atom stereocenters. The minimum absolute atomic E-state index is 0.0192. The smallest absolute Gasteiger partial charge is 0.308 e. The lowest BCUT2D eigenvalue weighted by Crippen LogP contribution is -2.49. The molecular formula is C28H28ClF2N3O3S. The quantitative estimate of drug-likeness (QED) is 0.254. The number of carbonyl (C=O) groups excluding carboxylic acids is 1. The molecule has 200 valence electrons. The highest BCUT2D eigenvalue weighted by atomic mass is 35.5. The molecule has 38 heavy (non-hydrogen) atoms. The van der Waals surface area contributed by atoms with Gasteiger partial charge in [-0.25, -0.2) is 8.78 Å². The van der Waals surface area contributed by atoms with Crippen LogP contribution in [0.15, 0.2) is 65.5 Å². The Morgan fingerprint density at radius 1 is 1.05 bits per heavy atom. The van der Waals surface area contributed by atoms with E-state index in [9.17, 15) is 23.5 Å². The minimum atomic E-state index is -1.08. The number of rotatable bonds is 11. The van der Waals surface area contributed by atoms with Gasteiger partial charge in [0.15, 0.2) is 0 Å². The van der Waals surface area contributed by atoms with E-state index in [1.54, 1.807) is 18.2 Å². The van der Waals surface area contributed by atoms with E-state index in [1.165, 1.54) is 10.1 Å².